The minimum Gasteiger partial charge on any atom is -0.377 e. The van der Waals surface area contributed by atoms with Crippen LogP contribution in [-0.4, -0.2) is 53.1 Å². The average molecular weight is 352 g/mol. The molecule has 2 atom stereocenters. The lowest BCUT2D eigenvalue weighted by molar-refractivity contribution is -0.0150. The van der Waals surface area contributed by atoms with E-state index in [1.54, 1.807) is 18.6 Å². The molecule has 0 unspecified atom stereocenters. The number of pyridine rings is 2. The van der Waals surface area contributed by atoms with Crippen LogP contribution in [0.15, 0.2) is 48.9 Å². The molecule has 26 heavy (non-hydrogen) atoms. The Labute approximate surface area is 153 Å². The first-order valence-corrected chi connectivity index (χ1v) is 9.23. The molecule has 2 aliphatic heterocycles. The van der Waals surface area contributed by atoms with Gasteiger partial charge in [0.25, 0.3) is 5.91 Å². The Balaban J connectivity index is 1.43. The van der Waals surface area contributed by atoms with Crippen LogP contribution >= 0.6 is 0 Å². The molecular weight excluding hydrogens is 328 g/mol. The zero-order chi connectivity index (χ0) is 17.8. The maximum Gasteiger partial charge on any atom is 0.255 e. The quantitative estimate of drug-likeness (QED) is 0.896. The summed E-state index contributed by atoms with van der Waals surface area (Å²) in [6.45, 7) is 3.10. The van der Waals surface area contributed by atoms with E-state index in [2.05, 4.69) is 15.3 Å². The molecule has 6 nitrogen and oxygen atoms in total. The molecule has 2 saturated heterocycles. The largest absolute Gasteiger partial charge is 0.377 e. The van der Waals surface area contributed by atoms with Crippen LogP contribution in [0, 0.1) is 5.41 Å². The van der Waals surface area contributed by atoms with Gasteiger partial charge in [0, 0.05) is 50.2 Å². The lowest BCUT2D eigenvalue weighted by Crippen LogP contribution is -2.52. The number of ether oxygens (including phenoxy) is 1. The molecule has 0 aliphatic carbocycles. The van der Waals surface area contributed by atoms with E-state index in [9.17, 15) is 4.79 Å². The van der Waals surface area contributed by atoms with Crippen LogP contribution in [0.3, 0.4) is 0 Å². The molecule has 0 aromatic carbocycles. The number of amides is 1. The lowest BCUT2D eigenvalue weighted by atomic mass is 9.74. The third-order valence-electron chi connectivity index (χ3n) is 5.56. The first-order valence-electron chi connectivity index (χ1n) is 9.23. The highest BCUT2D eigenvalue weighted by Gasteiger charge is 2.48. The maximum atomic E-state index is 12.8. The van der Waals surface area contributed by atoms with Crippen LogP contribution < -0.4 is 5.32 Å². The second-order valence-corrected chi connectivity index (χ2v) is 7.12. The number of fused-ring (bicyclic) bond motifs is 1. The van der Waals surface area contributed by atoms with E-state index < -0.39 is 0 Å². The van der Waals surface area contributed by atoms with Crippen molar-refractivity contribution in [3.63, 3.8) is 0 Å². The Morgan fingerprint density at radius 2 is 2.27 bits per heavy atom. The van der Waals surface area contributed by atoms with Crippen molar-refractivity contribution >= 4 is 11.7 Å². The number of carbonyl (C=O) groups is 1. The van der Waals surface area contributed by atoms with Gasteiger partial charge in [-0.2, -0.15) is 0 Å². The van der Waals surface area contributed by atoms with E-state index in [1.807, 2.05) is 35.2 Å². The summed E-state index contributed by atoms with van der Waals surface area (Å²) in [5.74, 6) is 0.957. The molecule has 4 rings (SSSR count). The maximum absolute atomic E-state index is 12.8. The molecule has 2 aromatic heterocycles. The first-order chi connectivity index (χ1) is 12.8. The normalized spacial score (nSPS) is 24.9. The van der Waals surface area contributed by atoms with Gasteiger partial charge in [-0.3, -0.25) is 9.78 Å². The number of nitrogens with zero attached hydrogens (tertiary/aromatic N) is 3. The Morgan fingerprint density at radius 1 is 1.31 bits per heavy atom. The molecule has 1 amide bonds. The van der Waals surface area contributed by atoms with Gasteiger partial charge >= 0.3 is 0 Å². The second kappa shape index (κ2) is 7.41. The third-order valence-corrected chi connectivity index (χ3v) is 5.56. The average Bonchev–Trinajstić information content (AvgIpc) is 3.12. The number of carbonyl (C=O) groups excluding carboxylic acids is 1. The SMILES string of the molecule is O=C(c1cccnc1)N1CC[C@H]2OCC[C@@]2(CCNc2ccccn2)C1. The van der Waals surface area contributed by atoms with Crippen molar-refractivity contribution in [2.24, 2.45) is 5.41 Å². The van der Waals surface area contributed by atoms with Gasteiger partial charge in [-0.05, 0) is 43.5 Å². The van der Waals surface area contributed by atoms with E-state index in [1.165, 1.54) is 0 Å². The monoisotopic (exact) mass is 352 g/mol. The van der Waals surface area contributed by atoms with Crippen molar-refractivity contribution < 1.29 is 9.53 Å². The highest BCUT2D eigenvalue weighted by atomic mass is 16.5. The van der Waals surface area contributed by atoms with Gasteiger partial charge < -0.3 is 15.0 Å². The van der Waals surface area contributed by atoms with Gasteiger partial charge in [-0.1, -0.05) is 6.07 Å². The highest BCUT2D eigenvalue weighted by molar-refractivity contribution is 5.94. The summed E-state index contributed by atoms with van der Waals surface area (Å²) in [6.07, 6.45) is 8.23. The minimum atomic E-state index is 0.0257. The first kappa shape index (κ1) is 17.0. The number of anilines is 1. The van der Waals surface area contributed by atoms with Gasteiger partial charge in [0.15, 0.2) is 0 Å². The molecule has 0 radical (unpaired) electrons. The van der Waals surface area contributed by atoms with Crippen molar-refractivity contribution in [1.29, 1.82) is 0 Å². The minimum absolute atomic E-state index is 0.0257. The molecule has 6 heteroatoms. The zero-order valence-electron chi connectivity index (χ0n) is 14.8. The number of nitrogens with one attached hydrogen (secondary N) is 1. The number of hydrogen-bond donors (Lipinski definition) is 1. The fourth-order valence-electron chi connectivity index (χ4n) is 4.16. The van der Waals surface area contributed by atoms with Crippen LogP contribution in [0.5, 0.6) is 0 Å². The summed E-state index contributed by atoms with van der Waals surface area (Å²) < 4.78 is 6.00. The van der Waals surface area contributed by atoms with E-state index in [0.717, 1.165) is 51.3 Å². The van der Waals surface area contributed by atoms with Gasteiger partial charge in [0.2, 0.25) is 0 Å². The van der Waals surface area contributed by atoms with Crippen LogP contribution in [-0.2, 0) is 4.74 Å². The molecule has 0 spiro atoms. The van der Waals surface area contributed by atoms with E-state index in [4.69, 9.17) is 4.74 Å². The molecule has 2 aromatic rings. The number of hydrogen-bond acceptors (Lipinski definition) is 5. The van der Waals surface area contributed by atoms with Crippen molar-refractivity contribution in [2.75, 3.05) is 31.6 Å². The third kappa shape index (κ3) is 3.42. The van der Waals surface area contributed by atoms with E-state index in [0.29, 0.717) is 5.56 Å². The smallest absolute Gasteiger partial charge is 0.255 e. The summed E-state index contributed by atoms with van der Waals surface area (Å²) in [6, 6.07) is 9.50. The standard InChI is InChI=1S/C20H24N4O2/c25-19(16-4-3-9-21-14-16)24-12-6-17-20(15-24,8-13-26-17)7-11-23-18-5-1-2-10-22-18/h1-5,9-10,14,17H,6-8,11-13,15H2,(H,22,23)/t17-,20+/m1/s1. The predicted octanol–water partition coefficient (Wildman–Crippen LogP) is 2.60. The van der Waals surface area contributed by atoms with E-state index >= 15 is 0 Å². The van der Waals surface area contributed by atoms with Gasteiger partial charge in [0.05, 0.1) is 11.7 Å². The Kier molecular flexibility index (Phi) is 4.84. The van der Waals surface area contributed by atoms with Crippen molar-refractivity contribution in [3.8, 4) is 0 Å². The summed E-state index contributed by atoms with van der Waals surface area (Å²) in [5.41, 5.74) is 0.685. The van der Waals surface area contributed by atoms with Crippen molar-refractivity contribution in [2.45, 2.75) is 25.4 Å². The number of piperidine rings is 1. The molecule has 136 valence electrons. The molecule has 0 saturated carbocycles. The lowest BCUT2D eigenvalue weighted by Gasteiger charge is -2.44. The summed E-state index contributed by atoms with van der Waals surface area (Å²) in [7, 11) is 0. The Morgan fingerprint density at radius 3 is 3.08 bits per heavy atom. The van der Waals surface area contributed by atoms with Crippen LogP contribution in [0.25, 0.3) is 0 Å². The van der Waals surface area contributed by atoms with Gasteiger partial charge in [-0.25, -0.2) is 4.98 Å². The number of aromatic nitrogens is 2. The van der Waals surface area contributed by atoms with Crippen molar-refractivity contribution in [1.82, 2.24) is 14.9 Å². The van der Waals surface area contributed by atoms with E-state index in [-0.39, 0.29) is 17.4 Å². The fraction of sp³-hybridized carbons (Fsp3) is 0.450. The van der Waals surface area contributed by atoms with Crippen LogP contribution in [0.4, 0.5) is 5.82 Å². The molecule has 0 bridgehead atoms. The molecule has 4 heterocycles. The Bertz CT molecular complexity index is 740. The molecular formula is C20H24N4O2. The summed E-state index contributed by atoms with van der Waals surface area (Å²) in [4.78, 5) is 23.2. The fourth-order valence-corrected chi connectivity index (χ4v) is 4.16. The molecule has 2 fully saturated rings. The second-order valence-electron chi connectivity index (χ2n) is 7.12. The summed E-state index contributed by atoms with van der Waals surface area (Å²) >= 11 is 0. The number of likely N-dealkylation sites (tertiary alicyclic amines) is 1. The summed E-state index contributed by atoms with van der Waals surface area (Å²) in [5, 5.41) is 3.40. The molecule has 1 N–H and O–H groups in total. The predicted molar refractivity (Wildman–Crippen MR) is 98.9 cm³/mol. The molecule has 2 aliphatic rings. The van der Waals surface area contributed by atoms with Crippen LogP contribution in [0.1, 0.15) is 29.6 Å². The van der Waals surface area contributed by atoms with Gasteiger partial charge in [0.1, 0.15) is 5.82 Å². The van der Waals surface area contributed by atoms with Gasteiger partial charge in [-0.15, -0.1) is 0 Å². The topological polar surface area (TPSA) is 67.4 Å². The number of rotatable bonds is 5. The zero-order valence-corrected chi connectivity index (χ0v) is 14.8. The Hall–Kier alpha value is -2.47. The van der Waals surface area contributed by atoms with Crippen LogP contribution in [0.2, 0.25) is 0 Å². The van der Waals surface area contributed by atoms with Crippen molar-refractivity contribution in [3.05, 3.63) is 54.5 Å². The highest BCUT2D eigenvalue weighted by Crippen LogP contribution is 2.43.